The minimum absolute atomic E-state index is 0.251. The number of hydrogen-bond acceptors (Lipinski definition) is 3. The highest BCUT2D eigenvalue weighted by atomic mass is 19.1. The molecule has 0 bridgehead atoms. The molecule has 0 saturated carbocycles. The highest BCUT2D eigenvalue weighted by molar-refractivity contribution is 5.32. The van der Waals surface area contributed by atoms with Crippen LogP contribution in [0, 0.1) is 12.7 Å². The molecule has 3 nitrogen and oxygen atoms in total. The zero-order valence-electron chi connectivity index (χ0n) is 11.1. The van der Waals surface area contributed by atoms with Gasteiger partial charge in [-0.3, -0.25) is 4.98 Å². The molecule has 0 amide bonds. The molecule has 1 heterocycles. The number of nitrogens with one attached hydrogen (secondary N) is 1. The number of benzene rings is 1. The quantitative estimate of drug-likeness (QED) is 0.897. The first-order chi connectivity index (χ1) is 9.19. The van der Waals surface area contributed by atoms with Crippen LogP contribution in [0.25, 0.3) is 0 Å². The van der Waals surface area contributed by atoms with Crippen molar-refractivity contribution in [2.45, 2.75) is 20.1 Å². The number of nitrogens with zero attached hydrogens (tertiary/aromatic N) is 1. The predicted octanol–water partition coefficient (Wildman–Crippen LogP) is 2.83. The van der Waals surface area contributed by atoms with Gasteiger partial charge < -0.3 is 10.1 Å². The number of aryl methyl sites for hydroxylation is 1. The second-order valence-corrected chi connectivity index (χ2v) is 4.35. The van der Waals surface area contributed by atoms with Gasteiger partial charge in [0, 0.05) is 6.54 Å². The van der Waals surface area contributed by atoms with Gasteiger partial charge in [0.05, 0.1) is 11.4 Å². The maximum Gasteiger partial charge on any atom is 0.130 e. The summed E-state index contributed by atoms with van der Waals surface area (Å²) in [6.45, 7) is 2.93. The van der Waals surface area contributed by atoms with Crippen LogP contribution in [0.3, 0.4) is 0 Å². The molecular weight excluding hydrogens is 243 g/mol. The lowest BCUT2D eigenvalue weighted by Gasteiger charge is -2.09. The van der Waals surface area contributed by atoms with E-state index in [1.807, 2.05) is 32.2 Å². The zero-order chi connectivity index (χ0) is 13.7. The van der Waals surface area contributed by atoms with E-state index in [1.165, 1.54) is 12.1 Å². The molecule has 0 aliphatic heterocycles. The lowest BCUT2D eigenvalue weighted by Crippen LogP contribution is -2.08. The Balaban J connectivity index is 2.03. The number of rotatable bonds is 5. The highest BCUT2D eigenvalue weighted by Gasteiger charge is 2.03. The molecule has 0 spiro atoms. The van der Waals surface area contributed by atoms with Gasteiger partial charge >= 0.3 is 0 Å². The smallest absolute Gasteiger partial charge is 0.130 e. The highest BCUT2D eigenvalue weighted by Crippen LogP contribution is 2.19. The van der Waals surface area contributed by atoms with E-state index in [1.54, 1.807) is 6.07 Å². The second kappa shape index (κ2) is 6.29. The van der Waals surface area contributed by atoms with E-state index in [2.05, 4.69) is 10.3 Å². The van der Waals surface area contributed by atoms with Gasteiger partial charge in [-0.15, -0.1) is 0 Å². The van der Waals surface area contributed by atoms with Gasteiger partial charge in [-0.2, -0.15) is 0 Å². The summed E-state index contributed by atoms with van der Waals surface area (Å²) in [6, 6.07) is 10.3. The molecule has 0 radical (unpaired) electrons. The maximum atomic E-state index is 13.0. The van der Waals surface area contributed by atoms with Gasteiger partial charge in [0.1, 0.15) is 18.2 Å². The van der Waals surface area contributed by atoms with Crippen LogP contribution in [0.4, 0.5) is 4.39 Å². The van der Waals surface area contributed by atoms with Crippen LogP contribution in [-0.4, -0.2) is 12.0 Å². The van der Waals surface area contributed by atoms with Gasteiger partial charge in [-0.1, -0.05) is 6.07 Å². The Labute approximate surface area is 112 Å². The fourth-order valence-corrected chi connectivity index (χ4v) is 1.82. The first kappa shape index (κ1) is 13.5. The average molecular weight is 260 g/mol. The Morgan fingerprint density at radius 3 is 2.74 bits per heavy atom. The lowest BCUT2D eigenvalue weighted by molar-refractivity contribution is 0.298. The summed E-state index contributed by atoms with van der Waals surface area (Å²) in [7, 11) is 1.88. The average Bonchev–Trinajstić information content (AvgIpc) is 2.38. The molecular formula is C15H17FN2O. The number of pyridine rings is 1. The van der Waals surface area contributed by atoms with Crippen molar-refractivity contribution in [3.05, 3.63) is 59.2 Å². The summed E-state index contributed by atoms with van der Waals surface area (Å²) < 4.78 is 18.6. The molecule has 1 aromatic heterocycles. The SMILES string of the molecule is CNCc1cccc(COc2ccc(F)cc2C)n1. The molecule has 0 aliphatic carbocycles. The third kappa shape index (κ3) is 3.76. The topological polar surface area (TPSA) is 34.1 Å². The Bertz CT molecular complexity index is 558. The van der Waals surface area contributed by atoms with E-state index in [9.17, 15) is 4.39 Å². The zero-order valence-corrected chi connectivity index (χ0v) is 11.1. The molecule has 0 atom stereocenters. The summed E-state index contributed by atoms with van der Waals surface area (Å²) in [5.41, 5.74) is 2.61. The van der Waals surface area contributed by atoms with Crippen LogP contribution in [-0.2, 0) is 13.2 Å². The van der Waals surface area contributed by atoms with E-state index in [0.29, 0.717) is 12.4 Å². The normalized spacial score (nSPS) is 10.5. The van der Waals surface area contributed by atoms with E-state index < -0.39 is 0 Å². The minimum atomic E-state index is -0.251. The van der Waals surface area contributed by atoms with Gasteiger partial charge in [0.2, 0.25) is 0 Å². The molecule has 0 unspecified atom stereocenters. The molecule has 1 N–H and O–H groups in total. The molecule has 100 valence electrons. The summed E-state index contributed by atoms with van der Waals surface area (Å²) in [5.74, 6) is 0.432. The Hall–Kier alpha value is -1.94. The molecule has 0 fully saturated rings. The Kier molecular flexibility index (Phi) is 4.47. The standard InChI is InChI=1S/C15H17FN2O/c1-11-8-12(16)6-7-15(11)19-10-14-5-3-4-13(18-14)9-17-2/h3-8,17H,9-10H2,1-2H3. The van der Waals surface area contributed by atoms with Crippen LogP contribution in [0.2, 0.25) is 0 Å². The van der Waals surface area contributed by atoms with E-state index in [4.69, 9.17) is 4.74 Å². The summed E-state index contributed by atoms with van der Waals surface area (Å²) in [5, 5.41) is 3.06. The van der Waals surface area contributed by atoms with Crippen molar-refractivity contribution in [1.29, 1.82) is 0 Å². The Morgan fingerprint density at radius 2 is 2.00 bits per heavy atom. The van der Waals surface area contributed by atoms with Crippen LogP contribution in [0.1, 0.15) is 17.0 Å². The van der Waals surface area contributed by atoms with Crippen LogP contribution in [0.15, 0.2) is 36.4 Å². The number of halogens is 1. The third-order valence-electron chi connectivity index (χ3n) is 2.73. The molecule has 1 aromatic carbocycles. The molecule has 2 rings (SSSR count). The fraction of sp³-hybridized carbons (Fsp3) is 0.267. The van der Waals surface area contributed by atoms with Crippen molar-refractivity contribution < 1.29 is 9.13 Å². The largest absolute Gasteiger partial charge is 0.487 e. The van der Waals surface area contributed by atoms with Crippen LogP contribution in [0.5, 0.6) is 5.75 Å². The third-order valence-corrected chi connectivity index (χ3v) is 2.73. The molecule has 0 saturated heterocycles. The van der Waals surface area contributed by atoms with Gasteiger partial charge in [-0.05, 0) is 49.9 Å². The van der Waals surface area contributed by atoms with Gasteiger partial charge in [-0.25, -0.2) is 4.39 Å². The van der Waals surface area contributed by atoms with Crippen LogP contribution < -0.4 is 10.1 Å². The summed E-state index contributed by atoms with van der Waals surface area (Å²) >= 11 is 0. The summed E-state index contributed by atoms with van der Waals surface area (Å²) in [6.07, 6.45) is 0. The lowest BCUT2D eigenvalue weighted by atomic mass is 10.2. The van der Waals surface area contributed by atoms with Gasteiger partial charge in [0.25, 0.3) is 0 Å². The van der Waals surface area contributed by atoms with Crippen molar-refractivity contribution in [3.8, 4) is 5.75 Å². The first-order valence-corrected chi connectivity index (χ1v) is 6.17. The summed E-state index contributed by atoms with van der Waals surface area (Å²) in [4.78, 5) is 4.46. The van der Waals surface area contributed by atoms with E-state index in [0.717, 1.165) is 23.5 Å². The molecule has 4 heteroatoms. The monoisotopic (exact) mass is 260 g/mol. The predicted molar refractivity (Wildman–Crippen MR) is 72.5 cm³/mol. The van der Waals surface area contributed by atoms with Crippen molar-refractivity contribution in [1.82, 2.24) is 10.3 Å². The number of ether oxygens (including phenoxy) is 1. The maximum absolute atomic E-state index is 13.0. The minimum Gasteiger partial charge on any atom is -0.487 e. The van der Waals surface area contributed by atoms with Crippen LogP contribution >= 0.6 is 0 Å². The molecule has 0 aliphatic rings. The van der Waals surface area contributed by atoms with Crippen molar-refractivity contribution in [2.75, 3.05) is 7.05 Å². The number of hydrogen-bond donors (Lipinski definition) is 1. The fourth-order valence-electron chi connectivity index (χ4n) is 1.82. The molecule has 19 heavy (non-hydrogen) atoms. The van der Waals surface area contributed by atoms with E-state index in [-0.39, 0.29) is 5.82 Å². The second-order valence-electron chi connectivity index (χ2n) is 4.35. The number of aromatic nitrogens is 1. The van der Waals surface area contributed by atoms with Gasteiger partial charge in [0.15, 0.2) is 0 Å². The van der Waals surface area contributed by atoms with Crippen molar-refractivity contribution >= 4 is 0 Å². The van der Waals surface area contributed by atoms with Crippen molar-refractivity contribution in [3.63, 3.8) is 0 Å². The van der Waals surface area contributed by atoms with E-state index >= 15 is 0 Å². The van der Waals surface area contributed by atoms with Crippen molar-refractivity contribution in [2.24, 2.45) is 0 Å². The first-order valence-electron chi connectivity index (χ1n) is 6.17. The molecule has 2 aromatic rings. The Morgan fingerprint density at radius 1 is 1.21 bits per heavy atom.